The van der Waals surface area contributed by atoms with E-state index in [1.54, 1.807) is 24.9 Å². The van der Waals surface area contributed by atoms with Gasteiger partial charge in [0.05, 0.1) is 18.1 Å². The van der Waals surface area contributed by atoms with Gasteiger partial charge in [-0.25, -0.2) is 14.4 Å². The quantitative estimate of drug-likeness (QED) is 0.706. The molecule has 1 aliphatic heterocycles. The van der Waals surface area contributed by atoms with Gasteiger partial charge in [0.1, 0.15) is 24.4 Å². The minimum absolute atomic E-state index is 0.229. The first-order valence-electron chi connectivity index (χ1n) is 6.97. The van der Waals surface area contributed by atoms with Gasteiger partial charge in [-0.15, -0.1) is 0 Å². The number of hydrogen-bond acceptors (Lipinski definition) is 7. The Morgan fingerprint density at radius 2 is 2.23 bits per heavy atom. The molecule has 22 heavy (non-hydrogen) atoms. The summed E-state index contributed by atoms with van der Waals surface area (Å²) >= 11 is 0. The molecular weight excluding hydrogens is 289 g/mol. The van der Waals surface area contributed by atoms with E-state index in [1.807, 2.05) is 4.90 Å². The molecule has 2 atom stereocenters. The minimum Gasteiger partial charge on any atom is -0.341 e. The summed E-state index contributed by atoms with van der Waals surface area (Å²) in [6.07, 6.45) is 2.47. The van der Waals surface area contributed by atoms with Gasteiger partial charge >= 0.3 is 0 Å². The number of anilines is 1. The first-order valence-corrected chi connectivity index (χ1v) is 6.97. The number of rotatable bonds is 2. The molecule has 4 rings (SSSR count). The monoisotopic (exact) mass is 303 g/mol. The second-order valence-electron chi connectivity index (χ2n) is 5.38. The maximum absolute atomic E-state index is 14.0. The lowest BCUT2D eigenvalue weighted by Gasteiger charge is -2.22. The van der Waals surface area contributed by atoms with E-state index >= 15 is 0 Å². The molecule has 0 spiro atoms. The molecule has 1 fully saturated rings. The van der Waals surface area contributed by atoms with Crippen LogP contribution in [0.2, 0.25) is 0 Å². The van der Waals surface area contributed by atoms with Crippen molar-refractivity contribution >= 4 is 16.9 Å². The Morgan fingerprint density at radius 1 is 1.36 bits per heavy atom. The van der Waals surface area contributed by atoms with Gasteiger partial charge < -0.3 is 9.42 Å². The standard InChI is InChI=1S/C13H14FN7O/c1-7-18-13(22-19-7)10-3-8(14)5-21(10)12-9-4-17-20(2)11(9)15-6-16-12/h4,6,8,10H,3,5H2,1-2H3. The zero-order valence-electron chi connectivity index (χ0n) is 12.1. The molecule has 114 valence electrons. The molecular formula is C13H14FN7O. The summed E-state index contributed by atoms with van der Waals surface area (Å²) in [7, 11) is 1.81. The van der Waals surface area contributed by atoms with Crippen molar-refractivity contribution in [1.82, 2.24) is 29.9 Å². The molecule has 8 nitrogen and oxygen atoms in total. The molecule has 0 radical (unpaired) electrons. The van der Waals surface area contributed by atoms with E-state index in [4.69, 9.17) is 4.52 Å². The summed E-state index contributed by atoms with van der Waals surface area (Å²) in [4.78, 5) is 14.6. The van der Waals surface area contributed by atoms with Gasteiger partial charge in [0, 0.05) is 13.5 Å². The Balaban J connectivity index is 1.81. The van der Waals surface area contributed by atoms with Crippen LogP contribution < -0.4 is 4.90 Å². The number of nitrogens with zero attached hydrogens (tertiary/aromatic N) is 7. The van der Waals surface area contributed by atoms with E-state index in [9.17, 15) is 4.39 Å². The molecule has 3 aromatic rings. The van der Waals surface area contributed by atoms with Gasteiger partial charge in [0.15, 0.2) is 11.5 Å². The minimum atomic E-state index is -0.973. The van der Waals surface area contributed by atoms with Crippen molar-refractivity contribution in [3.8, 4) is 0 Å². The SMILES string of the molecule is Cc1noc(C2CC(F)CN2c2ncnc3c2cnn3C)n1. The fourth-order valence-corrected chi connectivity index (χ4v) is 2.88. The number of aromatic nitrogens is 6. The van der Waals surface area contributed by atoms with Crippen LogP contribution in [0.3, 0.4) is 0 Å². The molecule has 0 aliphatic carbocycles. The van der Waals surface area contributed by atoms with E-state index in [1.165, 1.54) is 6.33 Å². The first-order chi connectivity index (χ1) is 10.6. The van der Waals surface area contributed by atoms with Gasteiger partial charge in [-0.1, -0.05) is 5.16 Å². The Hall–Kier alpha value is -2.58. The highest BCUT2D eigenvalue weighted by atomic mass is 19.1. The molecule has 3 aromatic heterocycles. The lowest BCUT2D eigenvalue weighted by atomic mass is 10.2. The summed E-state index contributed by atoms with van der Waals surface area (Å²) in [5.74, 6) is 1.58. The molecule has 0 saturated carbocycles. The Morgan fingerprint density at radius 3 is 3.00 bits per heavy atom. The summed E-state index contributed by atoms with van der Waals surface area (Å²) in [6.45, 7) is 1.97. The Bertz CT molecular complexity index is 829. The predicted octanol–water partition coefficient (Wildman–Crippen LogP) is 1.34. The predicted molar refractivity (Wildman–Crippen MR) is 74.9 cm³/mol. The largest absolute Gasteiger partial charge is 0.341 e. The number of hydrogen-bond donors (Lipinski definition) is 0. The average molecular weight is 303 g/mol. The lowest BCUT2D eigenvalue weighted by molar-refractivity contribution is 0.325. The molecule has 0 bridgehead atoms. The second kappa shape index (κ2) is 4.72. The van der Waals surface area contributed by atoms with Crippen molar-refractivity contribution in [1.29, 1.82) is 0 Å². The van der Waals surface area contributed by atoms with E-state index in [0.29, 0.717) is 29.6 Å². The highest BCUT2D eigenvalue weighted by Gasteiger charge is 2.38. The molecule has 2 unspecified atom stereocenters. The summed E-state index contributed by atoms with van der Waals surface area (Å²) in [5.41, 5.74) is 0.702. The van der Waals surface area contributed by atoms with Gasteiger partial charge in [-0.05, 0) is 6.92 Å². The summed E-state index contributed by atoms with van der Waals surface area (Å²) < 4.78 is 20.9. The Labute approximate surface area is 125 Å². The highest BCUT2D eigenvalue weighted by Crippen LogP contribution is 2.38. The van der Waals surface area contributed by atoms with Crippen LogP contribution in [-0.4, -0.2) is 42.6 Å². The third-order valence-corrected chi connectivity index (χ3v) is 3.86. The van der Waals surface area contributed by atoms with Crippen LogP contribution >= 0.6 is 0 Å². The van der Waals surface area contributed by atoms with Crippen LogP contribution in [0.5, 0.6) is 0 Å². The van der Waals surface area contributed by atoms with Crippen LogP contribution in [0.4, 0.5) is 10.2 Å². The van der Waals surface area contributed by atoms with Crippen LogP contribution in [0.15, 0.2) is 17.0 Å². The van der Waals surface area contributed by atoms with Crippen molar-refractivity contribution in [3.63, 3.8) is 0 Å². The van der Waals surface area contributed by atoms with Gasteiger partial charge in [-0.3, -0.25) is 4.68 Å². The van der Waals surface area contributed by atoms with Gasteiger partial charge in [0.2, 0.25) is 5.89 Å². The maximum atomic E-state index is 14.0. The number of aryl methyl sites for hydroxylation is 2. The topological polar surface area (TPSA) is 85.8 Å². The molecule has 0 aromatic carbocycles. The third kappa shape index (κ3) is 1.92. The second-order valence-corrected chi connectivity index (χ2v) is 5.38. The van der Waals surface area contributed by atoms with E-state index < -0.39 is 6.17 Å². The normalized spacial score (nSPS) is 21.9. The summed E-state index contributed by atoms with van der Waals surface area (Å²) in [6, 6.07) is -0.325. The Kier molecular flexibility index (Phi) is 2.81. The van der Waals surface area contributed by atoms with E-state index in [0.717, 1.165) is 5.39 Å². The number of alkyl halides is 1. The molecule has 9 heteroatoms. The van der Waals surface area contributed by atoms with Crippen molar-refractivity contribution in [3.05, 3.63) is 24.2 Å². The summed E-state index contributed by atoms with van der Waals surface area (Å²) in [5, 5.41) is 8.77. The zero-order valence-corrected chi connectivity index (χ0v) is 12.1. The molecule has 4 heterocycles. The fraction of sp³-hybridized carbons (Fsp3) is 0.462. The average Bonchev–Trinajstić information content (AvgIpc) is 3.18. The number of halogens is 1. The first kappa shape index (κ1) is 13.1. The number of fused-ring (bicyclic) bond motifs is 1. The van der Waals surface area contributed by atoms with Crippen molar-refractivity contribution in [2.24, 2.45) is 7.05 Å². The zero-order chi connectivity index (χ0) is 15.3. The van der Waals surface area contributed by atoms with Gasteiger partial charge in [0.25, 0.3) is 0 Å². The van der Waals surface area contributed by atoms with Gasteiger partial charge in [-0.2, -0.15) is 10.1 Å². The van der Waals surface area contributed by atoms with Crippen molar-refractivity contribution < 1.29 is 8.91 Å². The van der Waals surface area contributed by atoms with Crippen LogP contribution in [0.1, 0.15) is 24.2 Å². The van der Waals surface area contributed by atoms with Crippen LogP contribution in [0.25, 0.3) is 11.0 Å². The fourth-order valence-electron chi connectivity index (χ4n) is 2.88. The maximum Gasteiger partial charge on any atom is 0.249 e. The smallest absolute Gasteiger partial charge is 0.249 e. The molecule has 1 aliphatic rings. The van der Waals surface area contributed by atoms with E-state index in [-0.39, 0.29) is 12.6 Å². The third-order valence-electron chi connectivity index (χ3n) is 3.86. The molecule has 0 amide bonds. The molecule has 0 N–H and O–H groups in total. The molecule has 1 saturated heterocycles. The van der Waals surface area contributed by atoms with Crippen LogP contribution in [-0.2, 0) is 7.05 Å². The van der Waals surface area contributed by atoms with Crippen molar-refractivity contribution in [2.45, 2.75) is 25.6 Å². The lowest BCUT2D eigenvalue weighted by Crippen LogP contribution is -2.25. The van der Waals surface area contributed by atoms with E-state index in [2.05, 4.69) is 25.2 Å². The highest BCUT2D eigenvalue weighted by molar-refractivity contribution is 5.86. The van der Waals surface area contributed by atoms with Crippen molar-refractivity contribution in [2.75, 3.05) is 11.4 Å². The van der Waals surface area contributed by atoms with Crippen LogP contribution in [0, 0.1) is 6.92 Å².